The van der Waals surface area contributed by atoms with Gasteiger partial charge in [-0.15, -0.1) is 0 Å². The molecule has 5 heteroatoms. The van der Waals surface area contributed by atoms with E-state index in [9.17, 15) is 14.7 Å². The Labute approximate surface area is 120 Å². The van der Waals surface area contributed by atoms with Crippen LogP contribution < -0.4 is 0 Å². The molecule has 0 aromatic rings. The van der Waals surface area contributed by atoms with Crippen molar-refractivity contribution in [2.75, 3.05) is 19.7 Å². The molecule has 2 fully saturated rings. The number of amides is 1. The Kier molecular flexibility index (Phi) is 4.68. The number of ether oxygens (including phenoxy) is 1. The topological polar surface area (TPSA) is 66.8 Å². The highest BCUT2D eigenvalue weighted by atomic mass is 16.5. The second-order valence-electron chi connectivity index (χ2n) is 6.12. The van der Waals surface area contributed by atoms with E-state index in [4.69, 9.17) is 4.74 Å². The molecule has 1 aliphatic heterocycles. The van der Waals surface area contributed by atoms with Crippen molar-refractivity contribution in [1.29, 1.82) is 0 Å². The van der Waals surface area contributed by atoms with Crippen LogP contribution in [0.25, 0.3) is 0 Å². The van der Waals surface area contributed by atoms with Crippen molar-refractivity contribution in [2.45, 2.75) is 52.1 Å². The second kappa shape index (κ2) is 6.12. The van der Waals surface area contributed by atoms with Gasteiger partial charge in [-0.1, -0.05) is 6.92 Å². The molecule has 0 radical (unpaired) electrons. The van der Waals surface area contributed by atoms with Crippen molar-refractivity contribution in [3.63, 3.8) is 0 Å². The van der Waals surface area contributed by atoms with Gasteiger partial charge in [-0.3, -0.25) is 9.59 Å². The highest BCUT2D eigenvalue weighted by molar-refractivity contribution is 5.80. The first-order valence-electron chi connectivity index (χ1n) is 7.63. The minimum absolute atomic E-state index is 0.113. The van der Waals surface area contributed by atoms with E-state index >= 15 is 0 Å². The van der Waals surface area contributed by atoms with Gasteiger partial charge in [0.05, 0.1) is 11.5 Å². The Morgan fingerprint density at radius 3 is 2.55 bits per heavy atom. The molecule has 0 aromatic carbocycles. The molecule has 114 valence electrons. The van der Waals surface area contributed by atoms with E-state index in [-0.39, 0.29) is 5.91 Å². The maximum Gasteiger partial charge on any atom is 0.311 e. The van der Waals surface area contributed by atoms with Crippen LogP contribution >= 0.6 is 0 Å². The number of rotatable bonds is 6. The molecule has 1 amide bonds. The summed E-state index contributed by atoms with van der Waals surface area (Å²) in [5.41, 5.74) is -0.719. The lowest BCUT2D eigenvalue weighted by Crippen LogP contribution is -2.39. The number of nitrogens with zero attached hydrogens (tertiary/aromatic N) is 1. The summed E-state index contributed by atoms with van der Waals surface area (Å²) in [5.74, 6) is -0.239. The smallest absolute Gasteiger partial charge is 0.311 e. The van der Waals surface area contributed by atoms with Crippen LogP contribution in [0.1, 0.15) is 46.0 Å². The van der Waals surface area contributed by atoms with Gasteiger partial charge in [0.25, 0.3) is 0 Å². The van der Waals surface area contributed by atoms with Crippen LogP contribution in [0.3, 0.4) is 0 Å². The number of likely N-dealkylation sites (tertiary alicyclic amines) is 1. The zero-order valence-electron chi connectivity index (χ0n) is 12.4. The molecule has 5 nitrogen and oxygen atoms in total. The van der Waals surface area contributed by atoms with Crippen molar-refractivity contribution in [3.05, 3.63) is 0 Å². The third-order valence-electron chi connectivity index (χ3n) is 4.90. The molecule has 0 bridgehead atoms. The van der Waals surface area contributed by atoms with Gasteiger partial charge < -0.3 is 14.7 Å². The summed E-state index contributed by atoms with van der Waals surface area (Å²) in [6.07, 6.45) is 3.96. The highest BCUT2D eigenvalue weighted by Crippen LogP contribution is 2.37. The molecule has 0 aromatic heterocycles. The number of hydrogen-bond acceptors (Lipinski definition) is 3. The van der Waals surface area contributed by atoms with Crippen LogP contribution in [-0.4, -0.2) is 47.7 Å². The Hall–Kier alpha value is -1.10. The van der Waals surface area contributed by atoms with E-state index < -0.39 is 11.4 Å². The number of carbonyl (C=O) groups is 2. The molecule has 1 saturated carbocycles. The normalized spacial score (nSPS) is 33.0. The quantitative estimate of drug-likeness (QED) is 0.808. The first-order valence-corrected chi connectivity index (χ1v) is 7.63. The SMILES string of the molecule is CCOC1CC(CC(=O)N2CCC(CC)(C(=O)O)C2)C1. The van der Waals surface area contributed by atoms with Crippen LogP contribution in [0, 0.1) is 11.3 Å². The molecule has 1 atom stereocenters. The Morgan fingerprint density at radius 1 is 1.35 bits per heavy atom. The summed E-state index contributed by atoms with van der Waals surface area (Å²) < 4.78 is 5.49. The molecule has 1 aliphatic carbocycles. The summed E-state index contributed by atoms with van der Waals surface area (Å²) in [4.78, 5) is 25.3. The summed E-state index contributed by atoms with van der Waals surface area (Å²) in [6.45, 7) is 5.56. The fourth-order valence-corrected chi connectivity index (χ4v) is 3.29. The van der Waals surface area contributed by atoms with Gasteiger partial charge in [-0.2, -0.15) is 0 Å². The summed E-state index contributed by atoms with van der Waals surface area (Å²) in [7, 11) is 0. The van der Waals surface area contributed by atoms with E-state index in [0.29, 0.717) is 44.4 Å². The van der Waals surface area contributed by atoms with Gasteiger partial charge in [0, 0.05) is 26.1 Å². The molecule has 1 saturated heterocycles. The number of hydrogen-bond donors (Lipinski definition) is 1. The van der Waals surface area contributed by atoms with Gasteiger partial charge in [0.2, 0.25) is 5.91 Å². The molecule has 1 unspecified atom stereocenters. The van der Waals surface area contributed by atoms with E-state index in [0.717, 1.165) is 19.4 Å². The van der Waals surface area contributed by atoms with Crippen LogP contribution in [0.5, 0.6) is 0 Å². The largest absolute Gasteiger partial charge is 0.481 e. The summed E-state index contributed by atoms with van der Waals surface area (Å²) in [5, 5.41) is 9.34. The molecular formula is C15H25NO4. The third-order valence-corrected chi connectivity index (χ3v) is 4.90. The lowest BCUT2D eigenvalue weighted by Gasteiger charge is -2.35. The first-order chi connectivity index (χ1) is 9.50. The Balaban J connectivity index is 1.79. The molecule has 1 N–H and O–H groups in total. The third kappa shape index (κ3) is 2.97. The fourth-order valence-electron chi connectivity index (χ4n) is 3.29. The van der Waals surface area contributed by atoms with E-state index in [1.165, 1.54) is 0 Å². The van der Waals surface area contributed by atoms with Gasteiger partial charge in [0.1, 0.15) is 0 Å². The zero-order chi connectivity index (χ0) is 14.8. The van der Waals surface area contributed by atoms with E-state index in [1.807, 2.05) is 13.8 Å². The zero-order valence-corrected chi connectivity index (χ0v) is 12.4. The minimum Gasteiger partial charge on any atom is -0.481 e. The Bertz CT molecular complexity index is 378. The summed E-state index contributed by atoms with van der Waals surface area (Å²) in [6, 6.07) is 0. The predicted molar refractivity (Wildman–Crippen MR) is 74.3 cm³/mol. The van der Waals surface area contributed by atoms with Gasteiger partial charge in [-0.05, 0) is 38.5 Å². The number of carboxylic acids is 1. The van der Waals surface area contributed by atoms with Crippen LogP contribution in [0.15, 0.2) is 0 Å². The van der Waals surface area contributed by atoms with Crippen LogP contribution in [-0.2, 0) is 14.3 Å². The van der Waals surface area contributed by atoms with Crippen molar-refractivity contribution >= 4 is 11.9 Å². The summed E-state index contributed by atoms with van der Waals surface area (Å²) >= 11 is 0. The lowest BCUT2D eigenvalue weighted by molar-refractivity contribution is -0.148. The average Bonchev–Trinajstić information content (AvgIpc) is 2.82. The maximum atomic E-state index is 12.2. The van der Waals surface area contributed by atoms with E-state index in [1.54, 1.807) is 4.90 Å². The fraction of sp³-hybridized carbons (Fsp3) is 0.867. The first kappa shape index (κ1) is 15.3. The maximum absolute atomic E-state index is 12.2. The molecule has 2 rings (SSSR count). The van der Waals surface area contributed by atoms with Crippen LogP contribution in [0.4, 0.5) is 0 Å². The standard InChI is InChI=1S/C15H25NO4/c1-3-15(14(18)19)5-6-16(10-15)13(17)9-11-7-12(8-11)20-4-2/h11-12H,3-10H2,1-2H3,(H,18,19). The Morgan fingerprint density at radius 2 is 2.05 bits per heavy atom. The van der Waals surface area contributed by atoms with Gasteiger partial charge in [-0.25, -0.2) is 0 Å². The lowest BCUT2D eigenvalue weighted by atomic mass is 9.79. The minimum atomic E-state index is -0.768. The number of carboxylic acid groups (broad SMARTS) is 1. The van der Waals surface area contributed by atoms with E-state index in [2.05, 4.69) is 0 Å². The monoisotopic (exact) mass is 283 g/mol. The number of aliphatic carboxylic acids is 1. The van der Waals surface area contributed by atoms with Gasteiger partial charge >= 0.3 is 5.97 Å². The second-order valence-corrected chi connectivity index (χ2v) is 6.12. The molecule has 1 heterocycles. The predicted octanol–water partition coefficient (Wildman–Crippen LogP) is 1.90. The van der Waals surface area contributed by atoms with Crippen molar-refractivity contribution in [2.24, 2.45) is 11.3 Å². The molecule has 0 spiro atoms. The molecule has 2 aliphatic rings. The number of carbonyl (C=O) groups excluding carboxylic acids is 1. The van der Waals surface area contributed by atoms with Crippen molar-refractivity contribution < 1.29 is 19.4 Å². The highest BCUT2D eigenvalue weighted by Gasteiger charge is 2.45. The van der Waals surface area contributed by atoms with Crippen LogP contribution in [0.2, 0.25) is 0 Å². The molecular weight excluding hydrogens is 258 g/mol. The van der Waals surface area contributed by atoms with Crippen molar-refractivity contribution in [3.8, 4) is 0 Å². The molecule has 20 heavy (non-hydrogen) atoms. The van der Waals surface area contributed by atoms with Gasteiger partial charge in [0.15, 0.2) is 0 Å². The van der Waals surface area contributed by atoms with Crippen molar-refractivity contribution in [1.82, 2.24) is 4.90 Å². The average molecular weight is 283 g/mol.